The summed E-state index contributed by atoms with van der Waals surface area (Å²) in [5.74, 6) is -1.55. The van der Waals surface area contributed by atoms with Crippen LogP contribution in [0.25, 0.3) is 49.2 Å². The van der Waals surface area contributed by atoms with Crippen molar-refractivity contribution >= 4 is 60.6 Å². The summed E-state index contributed by atoms with van der Waals surface area (Å²) >= 11 is 0. The number of carbonyl (C=O) groups excluding carboxylic acids is 1. The lowest BCUT2D eigenvalue weighted by Gasteiger charge is -2.26. The Kier molecular flexibility index (Phi) is 13.4. The number of ketones is 1. The second-order valence-corrected chi connectivity index (χ2v) is 14.4. The number of hydrogen-bond acceptors (Lipinski definition) is 13. The average molecular weight is 773 g/mol. The molecule has 7 N–H and O–H groups in total. The van der Waals surface area contributed by atoms with Crippen molar-refractivity contribution < 1.29 is 44.5 Å². The van der Waals surface area contributed by atoms with Crippen LogP contribution in [-0.4, -0.2) is 97.7 Å². The number of unbranched alkanes of at least 4 members (excludes halogenated alkanes) is 2. The summed E-state index contributed by atoms with van der Waals surface area (Å²) < 4.78 is 16.6. The van der Waals surface area contributed by atoms with E-state index in [1.165, 1.54) is 20.1 Å². The highest BCUT2D eigenvalue weighted by Gasteiger charge is 2.36. The molecular weight excluding hydrogens is 720 g/mol. The van der Waals surface area contributed by atoms with Gasteiger partial charge in [-0.2, -0.15) is 0 Å². The van der Waals surface area contributed by atoms with Crippen molar-refractivity contribution in [3.8, 4) is 11.5 Å². The Morgan fingerprint density at radius 2 is 1.43 bits per heavy atom. The van der Waals surface area contributed by atoms with Gasteiger partial charge in [-0.1, -0.05) is 11.6 Å². The number of allylic oxidation sites excluding steroid dienone is 1. The number of methoxy groups -OCH3 is 1. The summed E-state index contributed by atoms with van der Waals surface area (Å²) in [5, 5.41) is 61.7. The molecule has 300 valence electrons. The lowest BCUT2D eigenvalue weighted by atomic mass is 9.78. The van der Waals surface area contributed by atoms with Crippen LogP contribution >= 0.6 is 0 Å². The molecule has 13 heteroatoms. The Hall–Kier alpha value is -4.47. The number of Topliss-reactive ketones (excluding diaryl/α,β-unsaturated/α-hetero) is 1. The molecule has 5 aromatic rings. The van der Waals surface area contributed by atoms with Crippen LogP contribution in [0.5, 0.6) is 11.5 Å². The van der Waals surface area contributed by atoms with Crippen LogP contribution in [0.2, 0.25) is 0 Å². The Balaban J connectivity index is 1.69. The number of nitrogens with one attached hydrogen (secondary N) is 2. The highest BCUT2D eigenvalue weighted by molar-refractivity contribution is 6.39. The molecule has 0 bridgehead atoms. The van der Waals surface area contributed by atoms with Gasteiger partial charge in [0.05, 0.1) is 70.0 Å². The zero-order valence-electron chi connectivity index (χ0n) is 32.3. The van der Waals surface area contributed by atoms with Crippen molar-refractivity contribution in [2.24, 2.45) is 0 Å². The number of phenols is 1. The molecule has 6 rings (SSSR count). The average Bonchev–Trinajstić information content (AvgIpc) is 3.31. The fraction of sp³-hybridized carbons (Fsp3) is 0.465. The zero-order valence-corrected chi connectivity index (χ0v) is 32.3. The van der Waals surface area contributed by atoms with Gasteiger partial charge in [-0.3, -0.25) is 14.4 Å². The van der Waals surface area contributed by atoms with E-state index in [9.17, 15) is 24.9 Å². The number of aromatic hydroxyl groups is 1. The summed E-state index contributed by atoms with van der Waals surface area (Å²) in [6, 6.07) is 3.03. The predicted octanol–water partition coefficient (Wildman–Crippen LogP) is 3.81. The fourth-order valence-corrected chi connectivity index (χ4v) is 8.62. The molecule has 0 saturated carbocycles. The minimum Gasteiger partial charge on any atom is -0.504 e. The van der Waals surface area contributed by atoms with Crippen molar-refractivity contribution in [2.45, 2.75) is 65.1 Å². The van der Waals surface area contributed by atoms with Gasteiger partial charge in [0.25, 0.3) is 0 Å². The Bertz CT molecular complexity index is 2380. The lowest BCUT2D eigenvalue weighted by Crippen LogP contribution is -2.23. The first kappa shape index (κ1) is 41.2. The van der Waals surface area contributed by atoms with Gasteiger partial charge in [-0.15, -0.1) is 0 Å². The predicted molar refractivity (Wildman–Crippen MR) is 218 cm³/mol. The molecular formula is C43H52N2O11. The maximum Gasteiger partial charge on any atom is 0.192 e. The molecule has 1 atom stereocenters. The van der Waals surface area contributed by atoms with Crippen LogP contribution < -0.4 is 26.2 Å². The Morgan fingerprint density at radius 3 is 2.09 bits per heavy atom. The summed E-state index contributed by atoms with van der Waals surface area (Å²) in [7, 11) is 1.38. The summed E-state index contributed by atoms with van der Waals surface area (Å²) in [6.07, 6.45) is 5.20. The van der Waals surface area contributed by atoms with Gasteiger partial charge in [-0.25, -0.2) is 0 Å². The third kappa shape index (κ3) is 7.40. The van der Waals surface area contributed by atoms with Crippen LogP contribution in [0.1, 0.15) is 73.3 Å². The van der Waals surface area contributed by atoms with Crippen molar-refractivity contribution in [1.82, 2.24) is 5.32 Å². The van der Waals surface area contributed by atoms with Gasteiger partial charge in [-0.05, 0) is 103 Å². The van der Waals surface area contributed by atoms with Crippen molar-refractivity contribution in [3.05, 3.63) is 66.0 Å². The monoisotopic (exact) mass is 772 g/mol. The maximum atomic E-state index is 15.2. The number of benzene rings is 5. The van der Waals surface area contributed by atoms with Crippen molar-refractivity contribution in [1.29, 1.82) is 0 Å². The minimum atomic E-state index is -0.900. The smallest absolute Gasteiger partial charge is 0.192 e. The molecule has 56 heavy (non-hydrogen) atoms. The number of aliphatic hydroxyl groups excluding tert-OH is 4. The van der Waals surface area contributed by atoms with Crippen LogP contribution in [0.4, 0.5) is 5.69 Å². The normalized spacial score (nSPS) is 14.1. The number of anilines is 1. The molecule has 0 spiro atoms. The van der Waals surface area contributed by atoms with E-state index in [1.807, 2.05) is 13.0 Å². The van der Waals surface area contributed by atoms with Gasteiger partial charge in [0, 0.05) is 47.3 Å². The Morgan fingerprint density at radius 1 is 0.750 bits per heavy atom. The molecule has 1 aliphatic rings. The van der Waals surface area contributed by atoms with E-state index >= 15 is 4.79 Å². The molecule has 13 nitrogen and oxygen atoms in total. The Labute approximate surface area is 324 Å². The second kappa shape index (κ2) is 18.2. The molecule has 0 radical (unpaired) electrons. The lowest BCUT2D eigenvalue weighted by molar-refractivity contribution is -0.117. The number of fused-ring (bicyclic) bond motifs is 1. The van der Waals surface area contributed by atoms with Gasteiger partial charge < -0.3 is 50.4 Å². The van der Waals surface area contributed by atoms with E-state index in [4.69, 9.17) is 24.4 Å². The third-order valence-corrected chi connectivity index (χ3v) is 10.9. The number of ether oxygens (including phenoxy) is 3. The SMILES string of the molecule is COc1c(O)c2c(=O)cc(CO)c3c4c(CO)cc(NCCCCCOCCO)c5c(=O)c(CCCNCCOCCO)c6c(c(c1C(C(C)=O)C(C)=C6)c23)c54. The number of phenolic OH excluding ortho intramolecular Hbond substituents is 1. The van der Waals surface area contributed by atoms with E-state index in [-0.39, 0.29) is 54.3 Å². The second-order valence-electron chi connectivity index (χ2n) is 14.4. The summed E-state index contributed by atoms with van der Waals surface area (Å²) in [6.45, 7) is 5.35. The molecule has 1 unspecified atom stereocenters. The topological polar surface area (TPSA) is 204 Å². The van der Waals surface area contributed by atoms with Crippen molar-refractivity contribution in [2.75, 3.05) is 71.7 Å². The highest BCUT2D eigenvalue weighted by Crippen LogP contribution is 2.55. The van der Waals surface area contributed by atoms with E-state index in [0.29, 0.717) is 117 Å². The van der Waals surface area contributed by atoms with Gasteiger partial charge in [0.2, 0.25) is 0 Å². The van der Waals surface area contributed by atoms with Crippen LogP contribution in [0.3, 0.4) is 0 Å². The van der Waals surface area contributed by atoms with Crippen LogP contribution in [0, 0.1) is 0 Å². The molecule has 0 saturated heterocycles. The third-order valence-electron chi connectivity index (χ3n) is 10.9. The molecule has 0 aromatic heterocycles. The molecule has 5 aromatic carbocycles. The molecule has 0 fully saturated rings. The number of aliphatic hydroxyl groups is 4. The first-order valence-corrected chi connectivity index (χ1v) is 19.3. The van der Waals surface area contributed by atoms with E-state index < -0.39 is 30.3 Å². The van der Waals surface area contributed by atoms with Gasteiger partial charge in [0.15, 0.2) is 22.4 Å². The molecule has 1 aliphatic carbocycles. The fourth-order valence-electron chi connectivity index (χ4n) is 8.62. The van der Waals surface area contributed by atoms with Crippen molar-refractivity contribution in [3.63, 3.8) is 0 Å². The summed E-state index contributed by atoms with van der Waals surface area (Å²) in [5.41, 5.74) is 2.63. The number of hydrogen-bond donors (Lipinski definition) is 7. The zero-order chi connectivity index (χ0) is 40.1. The standard InChI is InChI=1S/C43H52N2O11/c1-23-18-28-27(8-7-9-44-11-15-56-17-13-47)41(52)35-29(45-10-5-4-6-14-55-16-12-46)19-25(21-48)32-33-26(22-49)20-30(51)36-38(33)39(34(28)37(32)35)40(31(23)24(2)50)43(54-3)42(36)53/h18-20,31,44-49,53H,4-17,21-22H2,1-3H3. The first-order valence-electron chi connectivity index (χ1n) is 19.3. The largest absolute Gasteiger partial charge is 0.504 e. The highest BCUT2D eigenvalue weighted by atomic mass is 16.5. The van der Waals surface area contributed by atoms with Gasteiger partial charge >= 0.3 is 0 Å². The molecule has 0 amide bonds. The van der Waals surface area contributed by atoms with Crippen LogP contribution in [-0.2, 0) is 33.9 Å². The van der Waals surface area contributed by atoms with E-state index in [1.54, 1.807) is 6.07 Å². The number of carbonyl (C=O) groups is 1. The molecule has 0 aliphatic heterocycles. The quantitative estimate of drug-likeness (QED) is 0.0304. The minimum absolute atomic E-state index is 0.00954. The van der Waals surface area contributed by atoms with E-state index in [2.05, 4.69) is 10.6 Å². The molecule has 0 heterocycles. The van der Waals surface area contributed by atoms with E-state index in [0.717, 1.165) is 19.3 Å². The summed E-state index contributed by atoms with van der Waals surface area (Å²) in [4.78, 5) is 42.8. The van der Waals surface area contributed by atoms with Crippen LogP contribution in [0.15, 0.2) is 27.3 Å². The van der Waals surface area contributed by atoms with Gasteiger partial charge in [0.1, 0.15) is 5.78 Å². The maximum absolute atomic E-state index is 15.2. The number of rotatable bonds is 22. The first-order chi connectivity index (χ1) is 27.2.